The number of nitrogens with zero attached hydrogens (tertiary/aromatic N) is 1. The van der Waals surface area contributed by atoms with Crippen molar-refractivity contribution in [3.8, 4) is 11.5 Å². The number of esters is 1. The summed E-state index contributed by atoms with van der Waals surface area (Å²) in [6, 6.07) is 26.2. The van der Waals surface area contributed by atoms with Crippen LogP contribution in [-0.4, -0.2) is 40.3 Å². The van der Waals surface area contributed by atoms with Gasteiger partial charge in [0.15, 0.2) is 11.5 Å². The van der Waals surface area contributed by atoms with Gasteiger partial charge >= 0.3 is 5.97 Å². The lowest BCUT2D eigenvalue weighted by atomic mass is 10.1. The fraction of sp³-hybridized carbons (Fsp3) is 0.406. The molecular weight excluding hydrogens is 589 g/mol. The third kappa shape index (κ3) is 11.9. The highest BCUT2D eigenvalue weighted by atomic mass is 127. The number of ether oxygens (including phenoxy) is 3. The van der Waals surface area contributed by atoms with Crippen molar-refractivity contribution in [1.82, 2.24) is 4.48 Å². The number of carbonyl (C=O) groups excluding carboxylic acids is 1. The number of halogens is 1. The zero-order chi connectivity index (χ0) is 26.3. The van der Waals surface area contributed by atoms with E-state index in [1.54, 1.807) is 0 Å². The summed E-state index contributed by atoms with van der Waals surface area (Å²) in [6.07, 6.45) is 6.74. The van der Waals surface area contributed by atoms with E-state index in [9.17, 15) is 4.79 Å². The number of rotatable bonds is 16. The number of quaternary nitrogens is 1. The van der Waals surface area contributed by atoms with E-state index >= 15 is 0 Å². The van der Waals surface area contributed by atoms with Crippen molar-refractivity contribution in [2.24, 2.45) is 0 Å². The Morgan fingerprint density at radius 1 is 0.632 bits per heavy atom. The van der Waals surface area contributed by atoms with Crippen LogP contribution in [0.15, 0.2) is 78.9 Å². The van der Waals surface area contributed by atoms with Gasteiger partial charge in [0.1, 0.15) is 12.3 Å². The van der Waals surface area contributed by atoms with Gasteiger partial charge in [-0.1, -0.05) is 80.3 Å². The lowest BCUT2D eigenvalue weighted by Crippen LogP contribution is -3.00. The topological polar surface area (TPSA) is 44.8 Å². The molecule has 0 saturated heterocycles. The lowest BCUT2D eigenvalue weighted by molar-refractivity contribution is -0.142. The molecule has 0 amide bonds. The Hall–Kier alpha value is -2.58. The van der Waals surface area contributed by atoms with Crippen LogP contribution in [0.4, 0.5) is 5.69 Å². The molecule has 0 atom stereocenters. The molecule has 0 unspecified atom stereocenters. The SMILES string of the molecule is C[N+](C)(C)c1ccc(CC(=O)OCCCCCCCCOc2ccccc2OCc2ccccc2)cc1.[I-]. The summed E-state index contributed by atoms with van der Waals surface area (Å²) >= 11 is 0. The molecule has 6 heteroatoms. The zero-order valence-corrected chi connectivity index (χ0v) is 25.2. The standard InChI is InChI=1S/C32H42NO4.HI/c1-33(2,3)29-21-19-27(20-22-29)25-32(34)36-24-14-7-5-4-6-13-23-35-30-17-11-12-18-31(30)37-26-28-15-9-8-10-16-28;/h8-12,15-22H,4-7,13-14,23-26H2,1-3H3;1H/q+1;/p-1. The number of hydrogen-bond acceptors (Lipinski definition) is 4. The van der Waals surface area contributed by atoms with E-state index < -0.39 is 0 Å². The largest absolute Gasteiger partial charge is 1.00 e. The molecule has 0 bridgehead atoms. The van der Waals surface area contributed by atoms with Gasteiger partial charge in [-0.25, -0.2) is 0 Å². The Balaban J connectivity index is 0.00000507. The van der Waals surface area contributed by atoms with Crippen molar-refractivity contribution in [2.45, 2.75) is 51.6 Å². The Morgan fingerprint density at radius 2 is 1.18 bits per heavy atom. The van der Waals surface area contributed by atoms with Gasteiger partial charge < -0.3 is 38.2 Å². The molecule has 0 spiro atoms. The molecule has 38 heavy (non-hydrogen) atoms. The van der Waals surface area contributed by atoms with Gasteiger partial charge in [0.05, 0.1) is 40.8 Å². The Morgan fingerprint density at radius 3 is 1.82 bits per heavy atom. The van der Waals surface area contributed by atoms with Crippen LogP contribution in [0.5, 0.6) is 11.5 Å². The third-order valence-electron chi connectivity index (χ3n) is 6.21. The van der Waals surface area contributed by atoms with Gasteiger partial charge in [-0.05, 0) is 48.2 Å². The molecule has 0 fully saturated rings. The fourth-order valence-corrected chi connectivity index (χ4v) is 3.98. The van der Waals surface area contributed by atoms with Crippen molar-refractivity contribution in [3.63, 3.8) is 0 Å². The van der Waals surface area contributed by atoms with Crippen LogP contribution < -0.4 is 37.9 Å². The normalized spacial score (nSPS) is 10.9. The summed E-state index contributed by atoms with van der Waals surface area (Å²) in [4.78, 5) is 12.1. The van der Waals surface area contributed by atoms with Crippen molar-refractivity contribution >= 4 is 11.7 Å². The van der Waals surface area contributed by atoms with E-state index in [0.717, 1.165) is 65.6 Å². The molecule has 0 N–H and O–H groups in total. The van der Waals surface area contributed by atoms with Crippen LogP contribution >= 0.6 is 0 Å². The Kier molecular flexibility index (Phi) is 14.2. The number of hydrogen-bond donors (Lipinski definition) is 0. The summed E-state index contributed by atoms with van der Waals surface area (Å²) in [5.41, 5.74) is 3.34. The smallest absolute Gasteiger partial charge is 0.310 e. The van der Waals surface area contributed by atoms with E-state index in [1.165, 1.54) is 5.69 Å². The van der Waals surface area contributed by atoms with Crippen LogP contribution in [-0.2, 0) is 22.6 Å². The second-order valence-corrected chi connectivity index (χ2v) is 10.3. The highest BCUT2D eigenvalue weighted by Gasteiger charge is 2.12. The molecule has 206 valence electrons. The number of benzene rings is 3. The zero-order valence-electron chi connectivity index (χ0n) is 23.0. The van der Waals surface area contributed by atoms with Crippen molar-refractivity contribution in [2.75, 3.05) is 34.4 Å². The molecule has 5 nitrogen and oxygen atoms in total. The molecular formula is C32H42INO4. The van der Waals surface area contributed by atoms with E-state index in [1.807, 2.05) is 54.6 Å². The monoisotopic (exact) mass is 631 g/mol. The second kappa shape index (κ2) is 17.1. The lowest BCUT2D eigenvalue weighted by Gasteiger charge is -2.23. The number of para-hydroxylation sites is 2. The number of unbranched alkanes of at least 4 members (excludes halogenated alkanes) is 5. The van der Waals surface area contributed by atoms with Gasteiger partial charge in [0.2, 0.25) is 0 Å². The van der Waals surface area contributed by atoms with Gasteiger partial charge in [-0.3, -0.25) is 9.28 Å². The number of carbonyl (C=O) groups is 1. The van der Waals surface area contributed by atoms with Gasteiger partial charge in [0, 0.05) is 0 Å². The summed E-state index contributed by atoms with van der Waals surface area (Å²) in [6.45, 7) is 1.71. The van der Waals surface area contributed by atoms with Crippen molar-refractivity contribution in [1.29, 1.82) is 0 Å². The van der Waals surface area contributed by atoms with Gasteiger partial charge in [-0.15, -0.1) is 0 Å². The van der Waals surface area contributed by atoms with Gasteiger partial charge in [0.25, 0.3) is 0 Å². The first kappa shape index (κ1) is 31.6. The minimum atomic E-state index is -0.150. The summed E-state index contributed by atoms with van der Waals surface area (Å²) in [7, 11) is 6.38. The van der Waals surface area contributed by atoms with Gasteiger partial charge in [-0.2, -0.15) is 0 Å². The minimum absolute atomic E-state index is 0. The predicted octanol–water partition coefficient (Wildman–Crippen LogP) is 3.97. The minimum Gasteiger partial charge on any atom is -1.00 e. The molecule has 0 aliphatic heterocycles. The van der Waals surface area contributed by atoms with Crippen LogP contribution in [0.1, 0.15) is 49.7 Å². The highest BCUT2D eigenvalue weighted by molar-refractivity contribution is 5.72. The maximum absolute atomic E-state index is 12.1. The summed E-state index contributed by atoms with van der Waals surface area (Å²) < 4.78 is 18.1. The van der Waals surface area contributed by atoms with E-state index in [2.05, 4.69) is 45.4 Å². The maximum Gasteiger partial charge on any atom is 0.310 e. The molecule has 3 aromatic rings. The first-order valence-electron chi connectivity index (χ1n) is 13.4. The summed E-state index contributed by atoms with van der Waals surface area (Å²) in [5, 5.41) is 0. The summed E-state index contributed by atoms with van der Waals surface area (Å²) in [5.74, 6) is 1.43. The van der Waals surface area contributed by atoms with Crippen molar-refractivity contribution in [3.05, 3.63) is 90.0 Å². The average molecular weight is 632 g/mol. The first-order valence-corrected chi connectivity index (χ1v) is 13.4. The van der Waals surface area contributed by atoms with Crippen LogP contribution in [0.3, 0.4) is 0 Å². The van der Waals surface area contributed by atoms with E-state index in [-0.39, 0.29) is 29.9 Å². The average Bonchev–Trinajstić information content (AvgIpc) is 2.89. The van der Waals surface area contributed by atoms with E-state index in [4.69, 9.17) is 14.2 Å². The molecule has 3 rings (SSSR count). The second-order valence-electron chi connectivity index (χ2n) is 10.3. The molecule has 0 radical (unpaired) electrons. The fourth-order valence-electron chi connectivity index (χ4n) is 3.98. The Bertz CT molecular complexity index is 1060. The highest BCUT2D eigenvalue weighted by Crippen LogP contribution is 2.27. The van der Waals surface area contributed by atoms with Crippen LogP contribution in [0.25, 0.3) is 0 Å². The predicted molar refractivity (Wildman–Crippen MR) is 151 cm³/mol. The molecule has 3 aromatic carbocycles. The molecule has 0 heterocycles. The van der Waals surface area contributed by atoms with Crippen LogP contribution in [0, 0.1) is 0 Å². The third-order valence-corrected chi connectivity index (χ3v) is 6.21. The van der Waals surface area contributed by atoms with Crippen molar-refractivity contribution < 1.29 is 43.0 Å². The quantitative estimate of drug-likeness (QED) is 0.104. The van der Waals surface area contributed by atoms with Crippen LogP contribution in [0.2, 0.25) is 0 Å². The van der Waals surface area contributed by atoms with E-state index in [0.29, 0.717) is 26.2 Å². The molecule has 0 saturated carbocycles. The molecule has 0 aliphatic carbocycles. The molecule has 0 aliphatic rings. The first-order chi connectivity index (χ1) is 17.9. The Labute approximate surface area is 245 Å². The maximum atomic E-state index is 12.1. The molecule has 0 aromatic heterocycles.